The molecule has 0 amide bonds. The van der Waals surface area contributed by atoms with Crippen LogP contribution in [0.2, 0.25) is 0 Å². The lowest BCUT2D eigenvalue weighted by atomic mass is 10.1. The molecule has 0 spiro atoms. The van der Waals surface area contributed by atoms with Gasteiger partial charge in [0.15, 0.2) is 0 Å². The highest BCUT2D eigenvalue weighted by Gasteiger charge is 2.20. The number of anilines is 3. The zero-order chi connectivity index (χ0) is 49.4. The Labute approximate surface area is 391 Å². The van der Waals surface area contributed by atoms with Gasteiger partial charge in [0.1, 0.15) is 17.1 Å². The predicted octanol–water partition coefficient (Wildman–Crippen LogP) is 7.09. The van der Waals surface area contributed by atoms with Crippen molar-refractivity contribution in [1.29, 1.82) is 0 Å². The molecule has 0 saturated carbocycles. The zero-order valence-corrected chi connectivity index (χ0v) is 35.5. The number of nitrogens with zero attached hydrogens (tertiary/aromatic N) is 10. The van der Waals surface area contributed by atoms with Crippen LogP contribution in [-0.4, -0.2) is 111 Å². The molecule has 6 aromatic carbocycles. The Kier molecular flexibility index (Phi) is 11.4. The number of aromatic nitrogens is 9. The van der Waals surface area contributed by atoms with E-state index in [4.69, 9.17) is 0 Å². The average Bonchev–Trinajstić information content (AvgIpc) is 4.17. The van der Waals surface area contributed by atoms with Gasteiger partial charge in [-0.3, -0.25) is 0 Å². The van der Waals surface area contributed by atoms with E-state index in [-0.39, 0.29) is 50.4 Å². The summed E-state index contributed by atoms with van der Waals surface area (Å²) in [6.45, 7) is 0. The highest BCUT2D eigenvalue weighted by molar-refractivity contribution is 5.96. The Morgan fingerprint density at radius 3 is 0.743 bits per heavy atom. The van der Waals surface area contributed by atoms with Gasteiger partial charge in [-0.05, 0) is 91.0 Å². The van der Waals surface area contributed by atoms with Crippen molar-refractivity contribution in [2.45, 2.75) is 0 Å². The molecule has 0 saturated heterocycles. The highest BCUT2D eigenvalue weighted by Crippen LogP contribution is 2.37. The minimum Gasteiger partial charge on any atom is -0.478 e. The van der Waals surface area contributed by atoms with Gasteiger partial charge in [-0.25, -0.2) is 42.8 Å². The Balaban J connectivity index is 1.05. The van der Waals surface area contributed by atoms with E-state index in [2.05, 4.69) is 30.9 Å². The molecule has 22 heteroatoms. The number of rotatable bonds is 15. The molecular formula is C48H30N10O12. The lowest BCUT2D eigenvalue weighted by molar-refractivity contribution is 0.0676. The first-order valence-corrected chi connectivity index (χ1v) is 20.3. The third-order valence-electron chi connectivity index (χ3n) is 10.8. The largest absolute Gasteiger partial charge is 0.478 e. The maximum atomic E-state index is 11.7. The molecule has 344 valence electrons. The monoisotopic (exact) mass is 938 g/mol. The topological polar surface area (TPSA) is 319 Å². The van der Waals surface area contributed by atoms with E-state index < -0.39 is 35.8 Å². The number of carboxylic acid groups (broad SMARTS) is 6. The number of carbonyl (C=O) groups is 6. The summed E-state index contributed by atoms with van der Waals surface area (Å²) in [5, 5.41) is 82.5. The van der Waals surface area contributed by atoms with Gasteiger partial charge in [-0.1, -0.05) is 52.0 Å². The van der Waals surface area contributed by atoms with Crippen molar-refractivity contribution >= 4 is 52.9 Å². The fraction of sp³-hybridized carbons (Fsp3) is 0. The van der Waals surface area contributed by atoms with E-state index in [1.165, 1.54) is 69.0 Å². The molecule has 0 aliphatic heterocycles. The first-order valence-electron chi connectivity index (χ1n) is 20.3. The number of hydrogen-bond donors (Lipinski definition) is 6. The second-order valence-corrected chi connectivity index (χ2v) is 15.3. The maximum absolute atomic E-state index is 11.7. The first kappa shape index (κ1) is 44.6. The van der Waals surface area contributed by atoms with Crippen molar-refractivity contribution in [1.82, 2.24) is 45.0 Å². The van der Waals surface area contributed by atoms with Gasteiger partial charge in [-0.2, -0.15) is 0 Å². The fourth-order valence-corrected chi connectivity index (χ4v) is 7.33. The minimum absolute atomic E-state index is 0.176. The van der Waals surface area contributed by atoms with Crippen LogP contribution in [0.5, 0.6) is 0 Å². The van der Waals surface area contributed by atoms with Crippen LogP contribution in [0.15, 0.2) is 146 Å². The minimum atomic E-state index is -1.31. The van der Waals surface area contributed by atoms with Crippen LogP contribution in [0.4, 0.5) is 17.1 Å². The summed E-state index contributed by atoms with van der Waals surface area (Å²) < 4.78 is 3.82. The summed E-state index contributed by atoms with van der Waals surface area (Å²) in [6, 6.07) is 32.5. The van der Waals surface area contributed by atoms with Gasteiger partial charge < -0.3 is 35.5 Å². The summed E-state index contributed by atoms with van der Waals surface area (Å²) in [5.74, 6) is -7.88. The van der Waals surface area contributed by atoms with E-state index in [0.717, 1.165) is 18.2 Å². The molecule has 0 aliphatic rings. The average molecular weight is 939 g/mol. The van der Waals surface area contributed by atoms with E-state index in [1.807, 2.05) is 41.3 Å². The van der Waals surface area contributed by atoms with Gasteiger partial charge in [0.25, 0.3) is 0 Å². The normalized spacial score (nSPS) is 11.0. The molecule has 0 atom stereocenters. The van der Waals surface area contributed by atoms with Crippen LogP contribution in [0.3, 0.4) is 0 Å². The summed E-state index contributed by atoms with van der Waals surface area (Å²) in [7, 11) is 0. The maximum Gasteiger partial charge on any atom is 0.335 e. The molecule has 9 rings (SSSR count). The Bertz CT molecular complexity index is 3110. The second kappa shape index (κ2) is 18.0. The Hall–Kier alpha value is -10.6. The van der Waals surface area contributed by atoms with Crippen LogP contribution >= 0.6 is 0 Å². The van der Waals surface area contributed by atoms with Gasteiger partial charge >= 0.3 is 35.8 Å². The van der Waals surface area contributed by atoms with Gasteiger partial charge in [-0.15, -0.1) is 15.3 Å². The fourth-order valence-electron chi connectivity index (χ4n) is 7.33. The molecule has 0 unspecified atom stereocenters. The number of benzene rings is 6. The van der Waals surface area contributed by atoms with Gasteiger partial charge in [0.05, 0.1) is 69.0 Å². The van der Waals surface area contributed by atoms with Gasteiger partial charge in [0.2, 0.25) is 0 Å². The van der Waals surface area contributed by atoms with E-state index >= 15 is 0 Å². The van der Waals surface area contributed by atoms with Crippen molar-refractivity contribution in [2.75, 3.05) is 4.90 Å². The number of aromatic carboxylic acids is 6. The molecular weight excluding hydrogens is 909 g/mol. The van der Waals surface area contributed by atoms with Gasteiger partial charge in [0, 0.05) is 33.8 Å². The molecule has 0 aliphatic carbocycles. The zero-order valence-electron chi connectivity index (χ0n) is 35.5. The third kappa shape index (κ3) is 8.99. The van der Waals surface area contributed by atoms with Crippen LogP contribution in [0, 0.1) is 0 Å². The van der Waals surface area contributed by atoms with Crippen LogP contribution in [0.25, 0.3) is 50.8 Å². The second-order valence-electron chi connectivity index (χ2n) is 15.3. The molecule has 0 bridgehead atoms. The molecule has 3 aromatic heterocycles. The van der Waals surface area contributed by atoms with Crippen LogP contribution in [-0.2, 0) is 0 Å². The molecule has 0 fully saturated rings. The van der Waals surface area contributed by atoms with Crippen molar-refractivity contribution in [3.63, 3.8) is 0 Å². The lowest BCUT2D eigenvalue weighted by Crippen LogP contribution is -2.09. The van der Waals surface area contributed by atoms with Crippen molar-refractivity contribution in [2.24, 2.45) is 0 Å². The van der Waals surface area contributed by atoms with E-state index in [9.17, 15) is 59.4 Å². The third-order valence-corrected chi connectivity index (χ3v) is 10.8. The number of carboxylic acids is 6. The predicted molar refractivity (Wildman–Crippen MR) is 244 cm³/mol. The highest BCUT2D eigenvalue weighted by atomic mass is 16.4. The Morgan fingerprint density at radius 1 is 0.329 bits per heavy atom. The van der Waals surface area contributed by atoms with E-state index in [0.29, 0.717) is 50.8 Å². The standard InChI is InChI=1S/C48H30N10O12/c59-43(60)28-13-29(44(61)62)17-37(16-28)55-22-40(49-52-55)25-1-7-34(8-2-25)58(35-9-3-26(4-10-35)41-23-56(53-50-41)38-18-30(45(63)64)14-31(19-38)46(65)66)36-11-5-27(6-12-36)42-24-57(54-51-42)39-20-32(47(67)68)15-33(21-39)48(69)70/h1-24H,(H,59,60)(H,61,62)(H,63,64)(H,65,66)(H,67,68)(H,69,70). The van der Waals surface area contributed by atoms with E-state index in [1.54, 1.807) is 36.4 Å². The SMILES string of the molecule is O=C(O)c1cc(C(=O)O)cc(-n2cc(-c3ccc(N(c4ccc(-c5cn(-c6cc(C(=O)O)cc(C(=O)O)c6)nn5)cc4)c4ccc(-c5cn(-c6cc(C(=O)O)cc(C(=O)O)c6)nn5)cc4)cc3)nn2)c1. The van der Waals surface area contributed by atoms with Crippen LogP contribution < -0.4 is 4.90 Å². The summed E-state index contributed by atoms with van der Waals surface area (Å²) in [6.07, 6.45) is 4.60. The quantitative estimate of drug-likeness (QED) is 0.0597. The lowest BCUT2D eigenvalue weighted by Gasteiger charge is -2.26. The van der Waals surface area contributed by atoms with Crippen molar-refractivity contribution in [3.8, 4) is 50.8 Å². The molecule has 0 radical (unpaired) electrons. The van der Waals surface area contributed by atoms with Crippen molar-refractivity contribution < 1.29 is 59.4 Å². The van der Waals surface area contributed by atoms with Crippen molar-refractivity contribution in [3.05, 3.63) is 179 Å². The Morgan fingerprint density at radius 2 is 0.543 bits per heavy atom. The summed E-state index contributed by atoms with van der Waals surface area (Å²) in [5.41, 5.74) is 4.15. The summed E-state index contributed by atoms with van der Waals surface area (Å²) >= 11 is 0. The molecule has 70 heavy (non-hydrogen) atoms. The molecule has 9 aromatic rings. The number of hydrogen-bond acceptors (Lipinski definition) is 13. The molecule has 22 nitrogen and oxygen atoms in total. The smallest absolute Gasteiger partial charge is 0.335 e. The molecule has 6 N–H and O–H groups in total. The summed E-state index contributed by atoms with van der Waals surface area (Å²) in [4.78, 5) is 72.3. The van der Waals surface area contributed by atoms with Crippen LogP contribution in [0.1, 0.15) is 62.1 Å². The molecule has 3 heterocycles. The first-order chi connectivity index (χ1) is 33.6.